The maximum absolute atomic E-state index is 12.4. The summed E-state index contributed by atoms with van der Waals surface area (Å²) in [4.78, 5) is 0.728. The lowest BCUT2D eigenvalue weighted by Gasteiger charge is -2.25. The van der Waals surface area contributed by atoms with Crippen LogP contribution in [0.3, 0.4) is 0 Å². The second-order valence-corrected chi connectivity index (χ2v) is 7.83. The SMILES string of the molecule is CC(C)CC(C)N(C)S(=O)(=O)c1ccsc1CO. The zero-order chi connectivity index (χ0) is 13.9. The van der Waals surface area contributed by atoms with Gasteiger partial charge < -0.3 is 5.11 Å². The van der Waals surface area contributed by atoms with Crippen LogP contribution in [0.15, 0.2) is 16.3 Å². The first-order valence-electron chi connectivity index (χ1n) is 5.96. The van der Waals surface area contributed by atoms with Gasteiger partial charge in [0.05, 0.1) is 11.5 Å². The maximum Gasteiger partial charge on any atom is 0.244 e. The van der Waals surface area contributed by atoms with Gasteiger partial charge in [0.2, 0.25) is 10.0 Å². The molecule has 0 bridgehead atoms. The van der Waals surface area contributed by atoms with E-state index in [1.807, 2.05) is 6.92 Å². The Morgan fingerprint density at radius 1 is 1.39 bits per heavy atom. The van der Waals surface area contributed by atoms with Crippen LogP contribution < -0.4 is 0 Å². The van der Waals surface area contributed by atoms with E-state index in [2.05, 4.69) is 13.8 Å². The van der Waals surface area contributed by atoms with E-state index in [1.54, 1.807) is 18.5 Å². The second-order valence-electron chi connectivity index (χ2n) is 4.87. The van der Waals surface area contributed by atoms with Crippen LogP contribution in [0.1, 0.15) is 32.1 Å². The molecule has 0 fully saturated rings. The Balaban J connectivity index is 3.00. The minimum atomic E-state index is -3.50. The minimum Gasteiger partial charge on any atom is -0.391 e. The monoisotopic (exact) mass is 291 g/mol. The summed E-state index contributed by atoms with van der Waals surface area (Å²) in [5, 5.41) is 10.9. The number of aliphatic hydroxyl groups excluding tert-OH is 1. The van der Waals surface area contributed by atoms with Gasteiger partial charge in [-0.2, -0.15) is 4.31 Å². The minimum absolute atomic E-state index is 0.0542. The number of thiophene rings is 1. The van der Waals surface area contributed by atoms with Crippen molar-refractivity contribution in [2.24, 2.45) is 5.92 Å². The lowest BCUT2D eigenvalue weighted by atomic mass is 10.1. The van der Waals surface area contributed by atoms with Crippen molar-refractivity contribution in [3.63, 3.8) is 0 Å². The van der Waals surface area contributed by atoms with E-state index in [0.717, 1.165) is 6.42 Å². The fourth-order valence-electron chi connectivity index (χ4n) is 1.90. The van der Waals surface area contributed by atoms with Crippen molar-refractivity contribution in [1.82, 2.24) is 4.31 Å². The quantitative estimate of drug-likeness (QED) is 0.875. The van der Waals surface area contributed by atoms with Crippen LogP contribution in [0.2, 0.25) is 0 Å². The summed E-state index contributed by atoms with van der Waals surface area (Å²) in [6.07, 6.45) is 0.814. The summed E-state index contributed by atoms with van der Waals surface area (Å²) in [6, 6.07) is 1.51. The zero-order valence-corrected chi connectivity index (χ0v) is 12.9. The van der Waals surface area contributed by atoms with Crippen molar-refractivity contribution in [3.05, 3.63) is 16.3 Å². The average molecular weight is 291 g/mol. The first-order chi connectivity index (χ1) is 8.30. The third kappa shape index (κ3) is 3.32. The molecule has 1 atom stereocenters. The van der Waals surface area contributed by atoms with Gasteiger partial charge in [0.1, 0.15) is 0 Å². The number of aliphatic hydroxyl groups is 1. The van der Waals surface area contributed by atoms with Crippen molar-refractivity contribution < 1.29 is 13.5 Å². The predicted molar refractivity (Wildman–Crippen MR) is 74.1 cm³/mol. The molecule has 0 saturated carbocycles. The maximum atomic E-state index is 12.4. The standard InChI is InChI=1S/C12H21NO3S2/c1-9(2)7-10(3)13(4)18(15,16)12-5-6-17-11(12)8-14/h5-6,9-10,14H,7-8H2,1-4H3. The van der Waals surface area contributed by atoms with E-state index in [9.17, 15) is 8.42 Å². The second kappa shape index (κ2) is 6.14. The number of sulfonamides is 1. The van der Waals surface area contributed by atoms with Gasteiger partial charge in [-0.3, -0.25) is 0 Å². The Morgan fingerprint density at radius 3 is 2.50 bits per heavy atom. The molecule has 0 radical (unpaired) electrons. The van der Waals surface area contributed by atoms with E-state index < -0.39 is 10.0 Å². The molecule has 104 valence electrons. The summed E-state index contributed by atoms with van der Waals surface area (Å²) < 4.78 is 26.2. The molecule has 0 saturated heterocycles. The Kier molecular flexibility index (Phi) is 5.33. The van der Waals surface area contributed by atoms with Crippen molar-refractivity contribution in [2.45, 2.75) is 44.7 Å². The molecular formula is C12H21NO3S2. The van der Waals surface area contributed by atoms with Gasteiger partial charge >= 0.3 is 0 Å². The highest BCUT2D eigenvalue weighted by atomic mass is 32.2. The summed E-state index contributed by atoms with van der Waals surface area (Å²) in [6.45, 7) is 5.81. The van der Waals surface area contributed by atoms with Gasteiger partial charge in [-0.15, -0.1) is 11.3 Å². The van der Waals surface area contributed by atoms with E-state index in [-0.39, 0.29) is 17.5 Å². The first-order valence-corrected chi connectivity index (χ1v) is 8.28. The molecule has 4 nitrogen and oxygen atoms in total. The number of nitrogens with zero attached hydrogens (tertiary/aromatic N) is 1. The van der Waals surface area contributed by atoms with Gasteiger partial charge in [-0.25, -0.2) is 8.42 Å². The normalized spacial score (nSPS) is 14.4. The van der Waals surface area contributed by atoms with Crippen LogP contribution in [-0.4, -0.2) is 30.9 Å². The highest BCUT2D eigenvalue weighted by Crippen LogP contribution is 2.26. The molecule has 0 aliphatic carbocycles. The summed E-state index contributed by atoms with van der Waals surface area (Å²) >= 11 is 1.26. The highest BCUT2D eigenvalue weighted by molar-refractivity contribution is 7.89. The van der Waals surface area contributed by atoms with Crippen molar-refractivity contribution in [1.29, 1.82) is 0 Å². The van der Waals surface area contributed by atoms with E-state index in [4.69, 9.17) is 5.11 Å². The zero-order valence-electron chi connectivity index (χ0n) is 11.3. The molecule has 1 N–H and O–H groups in total. The molecule has 0 aliphatic heterocycles. The Labute approximate surface area is 113 Å². The fourth-order valence-corrected chi connectivity index (χ4v) is 4.53. The smallest absolute Gasteiger partial charge is 0.244 e. The molecule has 1 rings (SSSR count). The molecule has 1 aromatic heterocycles. The van der Waals surface area contributed by atoms with Crippen LogP contribution in [0.5, 0.6) is 0 Å². The molecule has 1 unspecified atom stereocenters. The number of hydrogen-bond acceptors (Lipinski definition) is 4. The molecule has 18 heavy (non-hydrogen) atoms. The molecule has 0 spiro atoms. The summed E-state index contributed by atoms with van der Waals surface area (Å²) in [5.41, 5.74) is 0. The van der Waals surface area contributed by atoms with Gasteiger partial charge in [0, 0.05) is 18.0 Å². The van der Waals surface area contributed by atoms with Crippen LogP contribution in [0.4, 0.5) is 0 Å². The van der Waals surface area contributed by atoms with Crippen molar-refractivity contribution >= 4 is 21.4 Å². The number of hydrogen-bond donors (Lipinski definition) is 1. The summed E-state index contributed by atoms with van der Waals surface area (Å²) in [7, 11) is -1.90. The average Bonchev–Trinajstić information content (AvgIpc) is 2.75. The topological polar surface area (TPSA) is 57.6 Å². The molecule has 1 aromatic rings. The third-order valence-corrected chi connectivity index (χ3v) is 6.03. The molecule has 0 aliphatic rings. The molecular weight excluding hydrogens is 270 g/mol. The molecule has 6 heteroatoms. The Bertz CT molecular complexity index is 479. The lowest BCUT2D eigenvalue weighted by molar-refractivity contribution is 0.281. The van der Waals surface area contributed by atoms with E-state index in [0.29, 0.717) is 10.8 Å². The Hall–Kier alpha value is -0.430. The van der Waals surface area contributed by atoms with Gasteiger partial charge in [-0.1, -0.05) is 13.8 Å². The highest BCUT2D eigenvalue weighted by Gasteiger charge is 2.28. The van der Waals surface area contributed by atoms with Crippen molar-refractivity contribution in [2.75, 3.05) is 7.05 Å². The summed E-state index contributed by atoms with van der Waals surface area (Å²) in [5.74, 6) is 0.442. The van der Waals surface area contributed by atoms with Gasteiger partial charge in [0.15, 0.2) is 0 Å². The van der Waals surface area contributed by atoms with Crippen LogP contribution >= 0.6 is 11.3 Å². The predicted octanol–water partition coefficient (Wildman–Crippen LogP) is 2.30. The third-order valence-electron chi connectivity index (χ3n) is 2.94. The van der Waals surface area contributed by atoms with Crippen molar-refractivity contribution in [3.8, 4) is 0 Å². The first kappa shape index (κ1) is 15.6. The molecule has 1 heterocycles. The lowest BCUT2D eigenvalue weighted by Crippen LogP contribution is -2.36. The van der Waals surface area contributed by atoms with Gasteiger partial charge in [0.25, 0.3) is 0 Å². The fraction of sp³-hybridized carbons (Fsp3) is 0.667. The Morgan fingerprint density at radius 2 is 2.00 bits per heavy atom. The van der Waals surface area contributed by atoms with Crippen LogP contribution in [0.25, 0.3) is 0 Å². The van der Waals surface area contributed by atoms with Gasteiger partial charge in [-0.05, 0) is 30.7 Å². The van der Waals surface area contributed by atoms with Crippen LogP contribution in [0, 0.1) is 5.92 Å². The van der Waals surface area contributed by atoms with Crippen LogP contribution in [-0.2, 0) is 16.6 Å². The van der Waals surface area contributed by atoms with E-state index >= 15 is 0 Å². The molecule has 0 amide bonds. The molecule has 0 aromatic carbocycles. The largest absolute Gasteiger partial charge is 0.391 e. The van der Waals surface area contributed by atoms with E-state index in [1.165, 1.54) is 15.6 Å². The number of rotatable bonds is 6.